The van der Waals surface area contributed by atoms with Crippen LogP contribution in [0.1, 0.15) is 31.4 Å². The summed E-state index contributed by atoms with van der Waals surface area (Å²) in [5.41, 5.74) is 0.969. The van der Waals surface area contributed by atoms with E-state index in [1.54, 1.807) is 12.1 Å². The minimum absolute atomic E-state index is 0. The first kappa shape index (κ1) is 17.6. The first-order valence-corrected chi connectivity index (χ1v) is 7.29. The van der Waals surface area contributed by atoms with Gasteiger partial charge in [-0.3, -0.25) is 4.79 Å². The van der Waals surface area contributed by atoms with Gasteiger partial charge in [0.05, 0.1) is 16.1 Å². The zero-order valence-corrected chi connectivity index (χ0v) is 13.6. The molecule has 20 heavy (non-hydrogen) atoms. The molecule has 0 aliphatic carbocycles. The van der Waals surface area contributed by atoms with Crippen molar-refractivity contribution in [2.24, 2.45) is 5.92 Å². The highest BCUT2D eigenvalue weighted by atomic mass is 35.5. The highest BCUT2D eigenvalue weighted by molar-refractivity contribution is 6.42. The second kappa shape index (κ2) is 8.08. The summed E-state index contributed by atoms with van der Waals surface area (Å²) in [5, 5.41) is 7.35. The second-order valence-corrected chi connectivity index (χ2v) is 5.74. The van der Waals surface area contributed by atoms with Crippen molar-refractivity contribution in [2.75, 3.05) is 13.1 Å². The Kier molecular flexibility index (Phi) is 7.10. The van der Waals surface area contributed by atoms with E-state index in [9.17, 15) is 4.79 Å². The third-order valence-corrected chi connectivity index (χ3v) is 4.25. The molecular weight excluding hydrogens is 319 g/mol. The molecule has 1 amide bonds. The highest BCUT2D eigenvalue weighted by Crippen LogP contribution is 2.26. The standard InChI is InChI=1S/C14H18Cl2N2O.ClH/c1-9(11-2-3-12(15)13(16)8-11)18-14(19)10-4-6-17-7-5-10;/h2-3,8-10,17H,4-7H2,1H3,(H,18,19);1H. The molecule has 1 aliphatic rings. The fourth-order valence-corrected chi connectivity index (χ4v) is 2.59. The van der Waals surface area contributed by atoms with Gasteiger partial charge in [0, 0.05) is 5.92 Å². The van der Waals surface area contributed by atoms with Crippen LogP contribution in [-0.4, -0.2) is 19.0 Å². The van der Waals surface area contributed by atoms with Crippen LogP contribution in [0.15, 0.2) is 18.2 Å². The molecular formula is C14H19Cl3N2O. The molecule has 1 aromatic carbocycles. The van der Waals surface area contributed by atoms with Crippen molar-refractivity contribution < 1.29 is 4.79 Å². The molecule has 3 nitrogen and oxygen atoms in total. The Bertz CT molecular complexity index is 462. The molecule has 1 fully saturated rings. The Hall–Kier alpha value is -0.480. The number of halogens is 3. The third kappa shape index (κ3) is 4.52. The number of rotatable bonds is 3. The number of benzene rings is 1. The molecule has 112 valence electrons. The van der Waals surface area contributed by atoms with Gasteiger partial charge >= 0.3 is 0 Å². The predicted molar refractivity (Wildman–Crippen MR) is 85.9 cm³/mol. The SMILES string of the molecule is CC(NC(=O)C1CCNCC1)c1ccc(Cl)c(Cl)c1.Cl. The van der Waals surface area contributed by atoms with Crippen LogP contribution >= 0.6 is 35.6 Å². The molecule has 0 aromatic heterocycles. The number of hydrogen-bond donors (Lipinski definition) is 2. The summed E-state index contributed by atoms with van der Waals surface area (Å²) in [4.78, 5) is 12.1. The maximum Gasteiger partial charge on any atom is 0.223 e. The molecule has 1 saturated heterocycles. The van der Waals surface area contributed by atoms with Crippen LogP contribution in [-0.2, 0) is 4.79 Å². The van der Waals surface area contributed by atoms with E-state index in [-0.39, 0.29) is 30.3 Å². The van der Waals surface area contributed by atoms with E-state index in [1.807, 2.05) is 13.0 Å². The molecule has 1 aromatic rings. The number of piperidine rings is 1. The quantitative estimate of drug-likeness (QED) is 0.885. The van der Waals surface area contributed by atoms with Crippen LogP contribution in [0.4, 0.5) is 0 Å². The van der Waals surface area contributed by atoms with E-state index < -0.39 is 0 Å². The number of hydrogen-bond acceptors (Lipinski definition) is 2. The fraction of sp³-hybridized carbons (Fsp3) is 0.500. The molecule has 2 N–H and O–H groups in total. The molecule has 1 unspecified atom stereocenters. The molecule has 0 spiro atoms. The van der Waals surface area contributed by atoms with Gasteiger partial charge in [-0.15, -0.1) is 12.4 Å². The second-order valence-electron chi connectivity index (χ2n) is 4.93. The van der Waals surface area contributed by atoms with Crippen molar-refractivity contribution in [3.8, 4) is 0 Å². The van der Waals surface area contributed by atoms with Crippen molar-refractivity contribution in [1.82, 2.24) is 10.6 Å². The lowest BCUT2D eigenvalue weighted by atomic mass is 9.96. The Balaban J connectivity index is 0.00000200. The van der Waals surface area contributed by atoms with E-state index >= 15 is 0 Å². The zero-order chi connectivity index (χ0) is 13.8. The van der Waals surface area contributed by atoms with E-state index in [1.165, 1.54) is 0 Å². The van der Waals surface area contributed by atoms with Crippen molar-refractivity contribution in [3.63, 3.8) is 0 Å². The summed E-state index contributed by atoms with van der Waals surface area (Å²) in [5.74, 6) is 0.242. The molecule has 1 heterocycles. The Labute approximate surface area is 135 Å². The largest absolute Gasteiger partial charge is 0.349 e. The lowest BCUT2D eigenvalue weighted by Crippen LogP contribution is -2.39. The van der Waals surface area contributed by atoms with E-state index in [4.69, 9.17) is 23.2 Å². The van der Waals surface area contributed by atoms with Crippen molar-refractivity contribution in [2.45, 2.75) is 25.8 Å². The minimum Gasteiger partial charge on any atom is -0.349 e. The first-order valence-electron chi connectivity index (χ1n) is 6.54. The lowest BCUT2D eigenvalue weighted by Gasteiger charge is -2.24. The van der Waals surface area contributed by atoms with Gasteiger partial charge in [0.1, 0.15) is 0 Å². The molecule has 0 bridgehead atoms. The van der Waals surface area contributed by atoms with Crippen LogP contribution in [0.2, 0.25) is 10.0 Å². The molecule has 1 aliphatic heterocycles. The van der Waals surface area contributed by atoms with E-state index in [0.29, 0.717) is 10.0 Å². The molecule has 1 atom stereocenters. The Morgan fingerprint density at radius 1 is 1.30 bits per heavy atom. The topological polar surface area (TPSA) is 41.1 Å². The average Bonchev–Trinajstić information content (AvgIpc) is 2.42. The van der Waals surface area contributed by atoms with Gasteiger partial charge in [-0.1, -0.05) is 29.3 Å². The monoisotopic (exact) mass is 336 g/mol. The number of nitrogens with one attached hydrogen (secondary N) is 2. The summed E-state index contributed by atoms with van der Waals surface area (Å²) in [7, 11) is 0. The summed E-state index contributed by atoms with van der Waals surface area (Å²) in [6.07, 6.45) is 1.81. The Morgan fingerprint density at radius 2 is 1.95 bits per heavy atom. The molecule has 0 radical (unpaired) electrons. The summed E-state index contributed by atoms with van der Waals surface area (Å²) < 4.78 is 0. The van der Waals surface area contributed by atoms with Gasteiger partial charge in [0.2, 0.25) is 5.91 Å². The summed E-state index contributed by atoms with van der Waals surface area (Å²) in [6, 6.07) is 5.39. The number of amides is 1. The lowest BCUT2D eigenvalue weighted by molar-refractivity contribution is -0.126. The first-order chi connectivity index (χ1) is 9.08. The highest BCUT2D eigenvalue weighted by Gasteiger charge is 2.22. The molecule has 2 rings (SSSR count). The van der Waals surface area contributed by atoms with Gasteiger partial charge in [-0.2, -0.15) is 0 Å². The predicted octanol–water partition coefficient (Wildman–Crippen LogP) is 3.59. The fourth-order valence-electron chi connectivity index (χ4n) is 2.28. The third-order valence-electron chi connectivity index (χ3n) is 3.51. The zero-order valence-electron chi connectivity index (χ0n) is 11.3. The van der Waals surface area contributed by atoms with Crippen LogP contribution in [0, 0.1) is 5.92 Å². The molecule has 6 heteroatoms. The summed E-state index contributed by atoms with van der Waals surface area (Å²) >= 11 is 11.9. The van der Waals surface area contributed by atoms with Crippen LogP contribution in [0.5, 0.6) is 0 Å². The van der Waals surface area contributed by atoms with Gasteiger partial charge < -0.3 is 10.6 Å². The van der Waals surface area contributed by atoms with Crippen molar-refractivity contribution in [3.05, 3.63) is 33.8 Å². The van der Waals surface area contributed by atoms with Crippen LogP contribution in [0.3, 0.4) is 0 Å². The van der Waals surface area contributed by atoms with Crippen molar-refractivity contribution >= 4 is 41.5 Å². The maximum atomic E-state index is 12.1. The minimum atomic E-state index is -0.0582. The molecule has 0 saturated carbocycles. The number of carbonyl (C=O) groups is 1. The van der Waals surface area contributed by atoms with Gasteiger partial charge in [-0.05, 0) is 50.6 Å². The van der Waals surface area contributed by atoms with Gasteiger partial charge in [0.15, 0.2) is 0 Å². The van der Waals surface area contributed by atoms with E-state index in [2.05, 4.69) is 10.6 Å². The number of carbonyl (C=O) groups excluding carboxylic acids is 1. The van der Waals surface area contributed by atoms with Gasteiger partial charge in [0.25, 0.3) is 0 Å². The maximum absolute atomic E-state index is 12.1. The normalized spacial score (nSPS) is 17.1. The van der Waals surface area contributed by atoms with Gasteiger partial charge in [-0.25, -0.2) is 0 Å². The summed E-state index contributed by atoms with van der Waals surface area (Å²) in [6.45, 7) is 3.79. The van der Waals surface area contributed by atoms with Crippen molar-refractivity contribution in [1.29, 1.82) is 0 Å². The van der Waals surface area contributed by atoms with E-state index in [0.717, 1.165) is 31.5 Å². The smallest absolute Gasteiger partial charge is 0.223 e. The average molecular weight is 338 g/mol. The Morgan fingerprint density at radius 3 is 2.55 bits per heavy atom. The van der Waals surface area contributed by atoms with Crippen LogP contribution < -0.4 is 10.6 Å². The van der Waals surface area contributed by atoms with Crippen LogP contribution in [0.25, 0.3) is 0 Å².